The Labute approximate surface area is 128 Å². The third-order valence-electron chi connectivity index (χ3n) is 2.98. The van der Waals surface area contributed by atoms with Crippen LogP contribution in [0.1, 0.15) is 5.69 Å². The van der Waals surface area contributed by atoms with Crippen molar-refractivity contribution in [3.05, 3.63) is 36.2 Å². The standard InChI is InChI=1S/C15H18N4O3/c1-18-12-8-13(21-2)14(7-11(12)16)22-10-3-4-19-9(5-10)6-15(17)20/h3-5,7-8,18H,6,16H2,1-2H3,(H2,17,20). The Balaban J connectivity index is 2.30. The van der Waals surface area contributed by atoms with Gasteiger partial charge < -0.3 is 26.3 Å². The van der Waals surface area contributed by atoms with Crippen molar-refractivity contribution >= 4 is 17.3 Å². The number of carbonyl (C=O) groups excluding carboxylic acids is 1. The number of hydrogen-bond acceptors (Lipinski definition) is 6. The van der Waals surface area contributed by atoms with Crippen molar-refractivity contribution in [2.75, 3.05) is 25.2 Å². The van der Waals surface area contributed by atoms with Gasteiger partial charge in [-0.25, -0.2) is 0 Å². The van der Waals surface area contributed by atoms with Gasteiger partial charge in [0.2, 0.25) is 5.91 Å². The Morgan fingerprint density at radius 2 is 2.09 bits per heavy atom. The van der Waals surface area contributed by atoms with E-state index < -0.39 is 5.91 Å². The average molecular weight is 302 g/mol. The number of nitrogens with two attached hydrogens (primary N) is 2. The second-order valence-corrected chi connectivity index (χ2v) is 4.57. The van der Waals surface area contributed by atoms with Crippen LogP contribution in [0.2, 0.25) is 0 Å². The van der Waals surface area contributed by atoms with Gasteiger partial charge >= 0.3 is 0 Å². The highest BCUT2D eigenvalue weighted by atomic mass is 16.5. The van der Waals surface area contributed by atoms with Crippen LogP contribution in [0.5, 0.6) is 17.2 Å². The number of carbonyl (C=O) groups is 1. The van der Waals surface area contributed by atoms with Crippen molar-refractivity contribution < 1.29 is 14.3 Å². The van der Waals surface area contributed by atoms with E-state index in [-0.39, 0.29) is 6.42 Å². The van der Waals surface area contributed by atoms with Crippen molar-refractivity contribution in [2.24, 2.45) is 5.73 Å². The van der Waals surface area contributed by atoms with Crippen LogP contribution in [0, 0.1) is 0 Å². The summed E-state index contributed by atoms with van der Waals surface area (Å²) in [7, 11) is 3.31. The summed E-state index contributed by atoms with van der Waals surface area (Å²) in [6.07, 6.45) is 1.60. The van der Waals surface area contributed by atoms with E-state index in [2.05, 4.69) is 10.3 Å². The topological polar surface area (TPSA) is 112 Å². The van der Waals surface area contributed by atoms with Gasteiger partial charge in [-0.2, -0.15) is 0 Å². The summed E-state index contributed by atoms with van der Waals surface area (Å²) in [5.41, 5.74) is 12.9. The number of rotatable bonds is 6. The van der Waals surface area contributed by atoms with Crippen molar-refractivity contribution in [3.63, 3.8) is 0 Å². The molecular formula is C15H18N4O3. The zero-order valence-electron chi connectivity index (χ0n) is 12.4. The van der Waals surface area contributed by atoms with E-state index in [0.29, 0.717) is 28.6 Å². The highest BCUT2D eigenvalue weighted by Gasteiger charge is 2.11. The normalized spacial score (nSPS) is 10.1. The molecule has 1 aromatic heterocycles. The smallest absolute Gasteiger partial charge is 0.223 e. The van der Waals surface area contributed by atoms with Gasteiger partial charge in [0.05, 0.1) is 30.6 Å². The maximum absolute atomic E-state index is 11.0. The van der Waals surface area contributed by atoms with Crippen LogP contribution in [-0.4, -0.2) is 25.0 Å². The molecule has 22 heavy (non-hydrogen) atoms. The van der Waals surface area contributed by atoms with Crippen molar-refractivity contribution in [1.29, 1.82) is 0 Å². The van der Waals surface area contributed by atoms with Crippen molar-refractivity contribution in [2.45, 2.75) is 6.42 Å². The molecule has 0 atom stereocenters. The van der Waals surface area contributed by atoms with E-state index >= 15 is 0 Å². The van der Waals surface area contributed by atoms with Gasteiger partial charge in [0.1, 0.15) is 5.75 Å². The molecule has 1 heterocycles. The quantitative estimate of drug-likeness (QED) is 0.698. The number of hydrogen-bond donors (Lipinski definition) is 3. The number of methoxy groups -OCH3 is 1. The first kappa shape index (κ1) is 15.4. The Morgan fingerprint density at radius 3 is 2.73 bits per heavy atom. The number of nitrogens with one attached hydrogen (secondary N) is 1. The number of aromatic nitrogens is 1. The van der Waals surface area contributed by atoms with Gasteiger partial charge in [0.15, 0.2) is 11.5 Å². The van der Waals surface area contributed by atoms with Crippen LogP contribution in [0.15, 0.2) is 30.5 Å². The molecule has 1 amide bonds. The molecule has 0 unspecified atom stereocenters. The maximum atomic E-state index is 11.0. The molecule has 0 radical (unpaired) electrons. The monoisotopic (exact) mass is 302 g/mol. The lowest BCUT2D eigenvalue weighted by Gasteiger charge is -2.14. The summed E-state index contributed by atoms with van der Waals surface area (Å²) in [6.45, 7) is 0. The molecule has 0 aliphatic carbocycles. The number of amides is 1. The van der Waals surface area contributed by atoms with Crippen LogP contribution in [0.25, 0.3) is 0 Å². The van der Waals surface area contributed by atoms with E-state index in [1.165, 1.54) is 0 Å². The lowest BCUT2D eigenvalue weighted by molar-refractivity contribution is -0.117. The molecule has 0 saturated carbocycles. The van der Waals surface area contributed by atoms with Crippen LogP contribution in [0.3, 0.4) is 0 Å². The fraction of sp³-hybridized carbons (Fsp3) is 0.200. The number of primary amides is 1. The number of anilines is 2. The minimum Gasteiger partial charge on any atom is -0.493 e. The minimum absolute atomic E-state index is 0.0508. The predicted octanol–water partition coefficient (Wildman–Crippen LogP) is 1.53. The number of pyridine rings is 1. The van der Waals surface area contributed by atoms with E-state index in [1.807, 2.05) is 0 Å². The Bertz CT molecular complexity index is 688. The third-order valence-corrected chi connectivity index (χ3v) is 2.98. The lowest BCUT2D eigenvalue weighted by Crippen LogP contribution is -2.14. The van der Waals surface area contributed by atoms with Gasteiger partial charge in [-0.1, -0.05) is 0 Å². The SMILES string of the molecule is CNc1cc(OC)c(Oc2ccnc(CC(N)=O)c2)cc1N. The Kier molecular flexibility index (Phi) is 4.67. The van der Waals surface area contributed by atoms with Gasteiger partial charge in [-0.05, 0) is 6.07 Å². The average Bonchev–Trinajstić information content (AvgIpc) is 2.47. The van der Waals surface area contributed by atoms with Gasteiger partial charge in [-0.3, -0.25) is 9.78 Å². The molecule has 0 aliphatic heterocycles. The lowest BCUT2D eigenvalue weighted by atomic mass is 10.2. The van der Waals surface area contributed by atoms with Crippen LogP contribution >= 0.6 is 0 Å². The second kappa shape index (κ2) is 6.66. The molecule has 0 saturated heterocycles. The molecule has 2 aromatic rings. The van der Waals surface area contributed by atoms with Crippen molar-refractivity contribution in [1.82, 2.24) is 4.98 Å². The van der Waals surface area contributed by atoms with Crippen LogP contribution < -0.4 is 26.3 Å². The van der Waals surface area contributed by atoms with E-state index in [0.717, 1.165) is 5.69 Å². The number of nitrogens with zero attached hydrogens (tertiary/aromatic N) is 1. The molecule has 0 aliphatic rings. The molecule has 2 rings (SSSR count). The van der Waals surface area contributed by atoms with Crippen molar-refractivity contribution in [3.8, 4) is 17.2 Å². The first-order valence-electron chi connectivity index (χ1n) is 6.60. The first-order chi connectivity index (χ1) is 10.5. The molecule has 0 fully saturated rings. The highest BCUT2D eigenvalue weighted by molar-refractivity contribution is 5.76. The fourth-order valence-corrected chi connectivity index (χ4v) is 1.95. The molecule has 5 N–H and O–H groups in total. The minimum atomic E-state index is -0.454. The van der Waals surface area contributed by atoms with E-state index in [9.17, 15) is 4.79 Å². The summed E-state index contributed by atoms with van der Waals surface area (Å²) >= 11 is 0. The summed E-state index contributed by atoms with van der Waals surface area (Å²) in [6, 6.07) is 6.73. The number of nitrogen functional groups attached to an aromatic ring is 1. The summed E-state index contributed by atoms with van der Waals surface area (Å²) in [5, 5.41) is 2.97. The maximum Gasteiger partial charge on any atom is 0.223 e. The van der Waals surface area contributed by atoms with Crippen LogP contribution in [-0.2, 0) is 11.2 Å². The molecule has 0 spiro atoms. The van der Waals surface area contributed by atoms with E-state index in [4.69, 9.17) is 20.9 Å². The third kappa shape index (κ3) is 3.57. The van der Waals surface area contributed by atoms with Gasteiger partial charge in [-0.15, -0.1) is 0 Å². The van der Waals surface area contributed by atoms with Gasteiger partial charge in [0, 0.05) is 31.4 Å². The first-order valence-corrected chi connectivity index (χ1v) is 6.60. The largest absolute Gasteiger partial charge is 0.493 e. The Morgan fingerprint density at radius 1 is 1.32 bits per heavy atom. The summed E-state index contributed by atoms with van der Waals surface area (Å²) in [4.78, 5) is 15.0. The summed E-state index contributed by atoms with van der Waals surface area (Å²) < 4.78 is 11.1. The zero-order chi connectivity index (χ0) is 16.1. The second-order valence-electron chi connectivity index (χ2n) is 4.57. The molecular weight excluding hydrogens is 284 g/mol. The molecule has 1 aromatic carbocycles. The molecule has 0 bridgehead atoms. The number of benzene rings is 1. The highest BCUT2D eigenvalue weighted by Crippen LogP contribution is 2.37. The molecule has 7 heteroatoms. The summed E-state index contributed by atoms with van der Waals surface area (Å²) in [5.74, 6) is 1.06. The predicted molar refractivity (Wildman–Crippen MR) is 84.2 cm³/mol. The number of ether oxygens (including phenoxy) is 2. The Hall–Kier alpha value is -2.96. The zero-order valence-corrected chi connectivity index (χ0v) is 12.4. The molecule has 116 valence electrons. The molecule has 7 nitrogen and oxygen atoms in total. The fourth-order valence-electron chi connectivity index (χ4n) is 1.95. The van der Waals surface area contributed by atoms with Crippen LogP contribution in [0.4, 0.5) is 11.4 Å². The van der Waals surface area contributed by atoms with Gasteiger partial charge in [0.25, 0.3) is 0 Å². The van der Waals surface area contributed by atoms with E-state index in [1.54, 1.807) is 44.6 Å².